The Hall–Kier alpha value is -1.70. The Balaban J connectivity index is 1.32. The van der Waals surface area contributed by atoms with Gasteiger partial charge in [-0.3, -0.25) is 9.80 Å². The van der Waals surface area contributed by atoms with Crippen molar-refractivity contribution in [2.75, 3.05) is 39.3 Å². The zero-order valence-corrected chi connectivity index (χ0v) is 11.9. The molecule has 4 rings (SSSR count). The van der Waals surface area contributed by atoms with Crippen LogP contribution in [0.4, 0.5) is 0 Å². The summed E-state index contributed by atoms with van der Waals surface area (Å²) in [6, 6.07) is 4.39. The number of nitrogens with one attached hydrogen (secondary N) is 1. The number of piperazine rings is 1. The predicted octanol–water partition coefficient (Wildman–Crippen LogP) is 0.419. The molecule has 0 unspecified atom stereocenters. The largest absolute Gasteiger partial charge is 0.461 e. The predicted molar refractivity (Wildman–Crippen MR) is 75.5 cm³/mol. The van der Waals surface area contributed by atoms with Gasteiger partial charge in [0, 0.05) is 45.3 Å². The van der Waals surface area contributed by atoms with Crippen molar-refractivity contribution >= 4 is 0 Å². The second-order valence-corrected chi connectivity index (χ2v) is 5.61. The number of hydrogen-bond donors (Lipinski definition) is 1. The van der Waals surface area contributed by atoms with Crippen molar-refractivity contribution in [3.8, 4) is 11.6 Å². The first-order valence-electron chi connectivity index (χ1n) is 7.42. The Morgan fingerprint density at radius 2 is 2.10 bits per heavy atom. The molecule has 0 aliphatic carbocycles. The van der Waals surface area contributed by atoms with Gasteiger partial charge in [-0.15, -0.1) is 0 Å². The van der Waals surface area contributed by atoms with Gasteiger partial charge >= 0.3 is 0 Å². The van der Waals surface area contributed by atoms with Crippen LogP contribution in [0.1, 0.15) is 5.89 Å². The lowest BCUT2D eigenvalue weighted by Gasteiger charge is -2.43. The van der Waals surface area contributed by atoms with E-state index in [1.807, 2.05) is 12.1 Å². The van der Waals surface area contributed by atoms with E-state index in [1.165, 1.54) is 0 Å². The summed E-state index contributed by atoms with van der Waals surface area (Å²) in [5, 5.41) is 7.29. The summed E-state index contributed by atoms with van der Waals surface area (Å²) in [5.74, 6) is 1.82. The van der Waals surface area contributed by atoms with Gasteiger partial charge in [0.25, 0.3) is 0 Å². The third-order valence-electron chi connectivity index (χ3n) is 4.25. The number of hydrogen-bond acceptors (Lipinski definition) is 7. The molecule has 2 aliphatic heterocycles. The molecule has 1 N–H and O–H groups in total. The normalized spacial score (nSPS) is 21.5. The first kappa shape index (κ1) is 13.0. The highest BCUT2D eigenvalue weighted by Crippen LogP contribution is 2.17. The Morgan fingerprint density at radius 1 is 1.24 bits per heavy atom. The molecule has 0 saturated carbocycles. The summed E-state index contributed by atoms with van der Waals surface area (Å²) in [6.07, 6.45) is 1.61. The van der Waals surface area contributed by atoms with Gasteiger partial charge in [-0.05, 0) is 12.1 Å². The number of furan rings is 1. The Kier molecular flexibility index (Phi) is 3.46. The second-order valence-electron chi connectivity index (χ2n) is 5.61. The molecule has 112 valence electrons. The fraction of sp³-hybridized carbons (Fsp3) is 0.571. The molecule has 0 radical (unpaired) electrons. The van der Waals surface area contributed by atoms with E-state index >= 15 is 0 Å². The topological polar surface area (TPSA) is 70.6 Å². The zero-order valence-electron chi connectivity index (χ0n) is 11.9. The van der Waals surface area contributed by atoms with Crippen LogP contribution < -0.4 is 5.32 Å². The van der Waals surface area contributed by atoms with Gasteiger partial charge in [-0.25, -0.2) is 0 Å². The standard InChI is InChI=1S/C14H19N5O2/c1-2-12(20-7-1)14-16-13(21-17-14)10-18-3-5-19(6-4-18)11-8-15-9-11/h1-2,7,11,15H,3-6,8-10H2. The van der Waals surface area contributed by atoms with Crippen LogP contribution in [0.3, 0.4) is 0 Å². The third kappa shape index (κ3) is 2.72. The Bertz CT molecular complexity index is 570. The minimum absolute atomic E-state index is 0.522. The van der Waals surface area contributed by atoms with Crippen molar-refractivity contribution < 1.29 is 8.94 Å². The fourth-order valence-corrected chi connectivity index (χ4v) is 2.83. The van der Waals surface area contributed by atoms with Gasteiger partial charge < -0.3 is 14.3 Å². The summed E-state index contributed by atoms with van der Waals surface area (Å²) < 4.78 is 10.6. The number of nitrogens with zero attached hydrogens (tertiary/aromatic N) is 4. The van der Waals surface area contributed by atoms with Crippen LogP contribution in [-0.2, 0) is 6.54 Å². The van der Waals surface area contributed by atoms with Gasteiger partial charge in [0.05, 0.1) is 12.8 Å². The van der Waals surface area contributed by atoms with E-state index in [-0.39, 0.29) is 0 Å². The molecular formula is C14H19N5O2. The Morgan fingerprint density at radius 3 is 2.76 bits per heavy atom. The lowest BCUT2D eigenvalue weighted by Crippen LogP contribution is -2.61. The minimum atomic E-state index is 0.522. The van der Waals surface area contributed by atoms with Crippen molar-refractivity contribution in [3.63, 3.8) is 0 Å². The molecule has 21 heavy (non-hydrogen) atoms. The van der Waals surface area contributed by atoms with Gasteiger partial charge in [-0.1, -0.05) is 5.16 Å². The molecule has 0 amide bonds. The molecule has 2 saturated heterocycles. The monoisotopic (exact) mass is 289 g/mol. The summed E-state index contributed by atoms with van der Waals surface area (Å²) in [6.45, 7) is 7.32. The van der Waals surface area contributed by atoms with E-state index in [1.54, 1.807) is 6.26 Å². The van der Waals surface area contributed by atoms with Crippen molar-refractivity contribution in [1.29, 1.82) is 0 Å². The van der Waals surface area contributed by atoms with Gasteiger partial charge in [0.1, 0.15) is 0 Å². The number of rotatable bonds is 4. The maximum absolute atomic E-state index is 5.31. The van der Waals surface area contributed by atoms with Crippen LogP contribution in [0.5, 0.6) is 0 Å². The smallest absolute Gasteiger partial charge is 0.241 e. The van der Waals surface area contributed by atoms with Crippen LogP contribution in [0.2, 0.25) is 0 Å². The first-order valence-corrected chi connectivity index (χ1v) is 7.42. The quantitative estimate of drug-likeness (QED) is 0.874. The summed E-state index contributed by atoms with van der Waals surface area (Å²) >= 11 is 0. The molecule has 0 spiro atoms. The molecule has 2 aromatic heterocycles. The molecule has 4 heterocycles. The minimum Gasteiger partial charge on any atom is -0.461 e. The van der Waals surface area contributed by atoms with E-state index < -0.39 is 0 Å². The molecule has 7 heteroatoms. The van der Waals surface area contributed by atoms with Crippen LogP contribution in [-0.4, -0.2) is 65.3 Å². The third-order valence-corrected chi connectivity index (χ3v) is 4.25. The molecule has 0 atom stereocenters. The highest BCUT2D eigenvalue weighted by Gasteiger charge is 2.28. The molecular weight excluding hydrogens is 270 g/mol. The molecule has 2 aromatic rings. The number of aromatic nitrogens is 2. The summed E-state index contributed by atoms with van der Waals surface area (Å²) in [4.78, 5) is 9.32. The maximum atomic E-state index is 5.31. The van der Waals surface area contributed by atoms with E-state index in [4.69, 9.17) is 8.94 Å². The molecule has 2 aliphatic rings. The van der Waals surface area contributed by atoms with E-state index in [0.29, 0.717) is 24.0 Å². The molecule has 0 aromatic carbocycles. The molecule has 2 fully saturated rings. The van der Waals surface area contributed by atoms with Crippen molar-refractivity contribution in [1.82, 2.24) is 25.3 Å². The van der Waals surface area contributed by atoms with Gasteiger partial charge in [0.15, 0.2) is 5.76 Å². The lowest BCUT2D eigenvalue weighted by molar-refractivity contribution is 0.0647. The highest BCUT2D eigenvalue weighted by atomic mass is 16.5. The van der Waals surface area contributed by atoms with Crippen LogP contribution in [0, 0.1) is 0 Å². The summed E-state index contributed by atoms with van der Waals surface area (Å²) in [7, 11) is 0. The zero-order chi connectivity index (χ0) is 14.1. The van der Waals surface area contributed by atoms with E-state index in [2.05, 4.69) is 25.3 Å². The average molecular weight is 289 g/mol. The van der Waals surface area contributed by atoms with Crippen LogP contribution in [0.25, 0.3) is 11.6 Å². The highest BCUT2D eigenvalue weighted by molar-refractivity contribution is 5.44. The molecule has 7 nitrogen and oxygen atoms in total. The Labute approximate surface area is 122 Å². The van der Waals surface area contributed by atoms with Gasteiger partial charge in [0.2, 0.25) is 11.7 Å². The SMILES string of the molecule is c1coc(-c2noc(CN3CCN(C4CNC4)CC3)n2)c1. The average Bonchev–Trinajstić information content (AvgIpc) is 3.09. The molecule has 0 bridgehead atoms. The van der Waals surface area contributed by atoms with E-state index in [0.717, 1.165) is 45.3 Å². The fourth-order valence-electron chi connectivity index (χ4n) is 2.83. The van der Waals surface area contributed by atoms with Crippen molar-refractivity contribution in [3.05, 3.63) is 24.3 Å². The second kappa shape index (κ2) is 5.59. The summed E-state index contributed by atoms with van der Waals surface area (Å²) in [5.41, 5.74) is 0. The lowest BCUT2D eigenvalue weighted by atomic mass is 10.1. The van der Waals surface area contributed by atoms with Gasteiger partial charge in [-0.2, -0.15) is 4.98 Å². The van der Waals surface area contributed by atoms with Crippen molar-refractivity contribution in [2.24, 2.45) is 0 Å². The van der Waals surface area contributed by atoms with E-state index in [9.17, 15) is 0 Å². The van der Waals surface area contributed by atoms with Crippen molar-refractivity contribution in [2.45, 2.75) is 12.6 Å². The first-order chi connectivity index (χ1) is 10.4. The van der Waals surface area contributed by atoms with Crippen LogP contribution >= 0.6 is 0 Å². The maximum Gasteiger partial charge on any atom is 0.241 e. The van der Waals surface area contributed by atoms with Crippen LogP contribution in [0.15, 0.2) is 27.3 Å².